The minimum Gasteiger partial charge on any atom is -0.324 e. The van der Waals surface area contributed by atoms with E-state index in [-0.39, 0.29) is 0 Å². The van der Waals surface area contributed by atoms with Crippen LogP contribution in [0.3, 0.4) is 0 Å². The molecular weight excluding hydrogens is 252 g/mol. The summed E-state index contributed by atoms with van der Waals surface area (Å²) in [5.74, 6) is 2.22. The topological polar surface area (TPSA) is 75.6 Å². The lowest BCUT2D eigenvalue weighted by atomic mass is 10.0. The molecule has 1 saturated heterocycles. The van der Waals surface area contributed by atoms with Gasteiger partial charge in [-0.2, -0.15) is 0 Å². The number of hydrogen-bond acceptors (Lipinski definition) is 6. The third-order valence-electron chi connectivity index (χ3n) is 3.34. The molecule has 3 rings (SSSR count). The summed E-state index contributed by atoms with van der Waals surface area (Å²) < 4.78 is 0. The molecule has 3 heterocycles. The molecule has 0 saturated carbocycles. The maximum Gasteiger partial charge on any atom is 0.150 e. The molecule has 6 nitrogen and oxygen atoms in total. The lowest BCUT2D eigenvalue weighted by Gasteiger charge is -2.23. The zero-order valence-corrected chi connectivity index (χ0v) is 11.5. The molecule has 1 unspecified atom stereocenters. The highest BCUT2D eigenvalue weighted by Crippen LogP contribution is 2.23. The number of nitrogens with zero attached hydrogens (tertiary/aromatic N) is 4. The first-order chi connectivity index (χ1) is 9.81. The van der Waals surface area contributed by atoms with Crippen LogP contribution in [0, 0.1) is 6.92 Å². The van der Waals surface area contributed by atoms with Gasteiger partial charge in [0.25, 0.3) is 0 Å². The van der Waals surface area contributed by atoms with Gasteiger partial charge in [0, 0.05) is 24.5 Å². The monoisotopic (exact) mass is 270 g/mol. The van der Waals surface area contributed by atoms with Crippen LogP contribution in [0.2, 0.25) is 0 Å². The molecule has 1 atom stereocenters. The Morgan fingerprint density at radius 1 is 1.20 bits per heavy atom. The van der Waals surface area contributed by atoms with E-state index in [0.29, 0.717) is 11.9 Å². The number of anilines is 2. The van der Waals surface area contributed by atoms with E-state index < -0.39 is 0 Å². The molecule has 2 N–H and O–H groups in total. The van der Waals surface area contributed by atoms with Gasteiger partial charge in [0.05, 0.1) is 11.9 Å². The van der Waals surface area contributed by atoms with Gasteiger partial charge >= 0.3 is 0 Å². The predicted molar refractivity (Wildman–Crippen MR) is 76.7 cm³/mol. The van der Waals surface area contributed by atoms with Crippen LogP contribution in [0.25, 0.3) is 0 Å². The molecule has 2 aromatic rings. The quantitative estimate of drug-likeness (QED) is 0.890. The molecular formula is C14H18N6. The third kappa shape index (κ3) is 3.08. The lowest BCUT2D eigenvalue weighted by molar-refractivity contribution is 0.404. The second kappa shape index (κ2) is 5.92. The van der Waals surface area contributed by atoms with Crippen molar-refractivity contribution in [3.05, 3.63) is 36.2 Å². The molecule has 0 aliphatic carbocycles. The molecule has 2 aromatic heterocycles. The van der Waals surface area contributed by atoms with Crippen LogP contribution in [0.5, 0.6) is 0 Å². The van der Waals surface area contributed by atoms with E-state index in [1.54, 1.807) is 18.6 Å². The van der Waals surface area contributed by atoms with Gasteiger partial charge in [-0.3, -0.25) is 4.98 Å². The number of aryl methyl sites for hydroxylation is 1. The van der Waals surface area contributed by atoms with E-state index >= 15 is 0 Å². The van der Waals surface area contributed by atoms with Crippen LogP contribution in [-0.2, 0) is 0 Å². The molecule has 1 aliphatic rings. The zero-order chi connectivity index (χ0) is 13.8. The summed E-state index contributed by atoms with van der Waals surface area (Å²) in [6.07, 6.45) is 8.59. The van der Waals surface area contributed by atoms with Gasteiger partial charge in [0.2, 0.25) is 0 Å². The Bertz CT molecular complexity index is 565. The summed E-state index contributed by atoms with van der Waals surface area (Å²) in [7, 11) is 0. The van der Waals surface area contributed by atoms with Crippen molar-refractivity contribution in [3.63, 3.8) is 0 Å². The van der Waals surface area contributed by atoms with E-state index in [1.807, 2.05) is 13.0 Å². The molecule has 0 bridgehead atoms. The molecule has 20 heavy (non-hydrogen) atoms. The molecule has 0 radical (unpaired) electrons. The molecule has 0 amide bonds. The van der Waals surface area contributed by atoms with Gasteiger partial charge in [-0.15, -0.1) is 0 Å². The van der Waals surface area contributed by atoms with E-state index in [0.717, 1.165) is 30.3 Å². The summed E-state index contributed by atoms with van der Waals surface area (Å²) in [4.78, 5) is 17.2. The summed E-state index contributed by atoms with van der Waals surface area (Å²) in [6, 6.07) is 2.32. The van der Waals surface area contributed by atoms with Gasteiger partial charge in [-0.05, 0) is 26.3 Å². The van der Waals surface area contributed by atoms with Gasteiger partial charge in [0.1, 0.15) is 17.5 Å². The SMILES string of the molecule is Cc1nc(Nc2cnccn2)cc(C2CCCCN2)n1. The number of hydrogen-bond donors (Lipinski definition) is 2. The average Bonchev–Trinajstić information content (AvgIpc) is 2.49. The Labute approximate surface area is 118 Å². The van der Waals surface area contributed by atoms with E-state index in [4.69, 9.17) is 0 Å². The Hall–Kier alpha value is -2.08. The Morgan fingerprint density at radius 3 is 2.90 bits per heavy atom. The molecule has 0 aromatic carbocycles. The third-order valence-corrected chi connectivity index (χ3v) is 3.34. The van der Waals surface area contributed by atoms with E-state index in [9.17, 15) is 0 Å². The predicted octanol–water partition coefficient (Wildman–Crippen LogP) is 2.13. The van der Waals surface area contributed by atoms with Crippen molar-refractivity contribution in [2.24, 2.45) is 0 Å². The van der Waals surface area contributed by atoms with Crippen LogP contribution in [0.1, 0.15) is 36.8 Å². The lowest BCUT2D eigenvalue weighted by Crippen LogP contribution is -2.27. The van der Waals surface area contributed by atoms with E-state index in [1.165, 1.54) is 12.8 Å². The largest absolute Gasteiger partial charge is 0.324 e. The summed E-state index contributed by atoms with van der Waals surface area (Å²) in [5, 5.41) is 6.68. The van der Waals surface area contributed by atoms with Crippen molar-refractivity contribution in [1.82, 2.24) is 25.3 Å². The van der Waals surface area contributed by atoms with Crippen LogP contribution < -0.4 is 10.6 Å². The Kier molecular flexibility index (Phi) is 3.83. The maximum absolute atomic E-state index is 4.55. The Balaban J connectivity index is 1.82. The minimum absolute atomic E-state index is 0.327. The summed E-state index contributed by atoms with van der Waals surface area (Å²) in [5.41, 5.74) is 1.04. The minimum atomic E-state index is 0.327. The number of nitrogens with one attached hydrogen (secondary N) is 2. The molecule has 0 spiro atoms. The first kappa shape index (κ1) is 12.9. The molecule has 1 fully saturated rings. The van der Waals surface area contributed by atoms with E-state index in [2.05, 4.69) is 30.6 Å². The molecule has 1 aliphatic heterocycles. The molecule has 6 heteroatoms. The van der Waals surface area contributed by atoms with Crippen molar-refractivity contribution in [1.29, 1.82) is 0 Å². The van der Waals surface area contributed by atoms with Crippen LogP contribution in [0.4, 0.5) is 11.6 Å². The number of aromatic nitrogens is 4. The van der Waals surface area contributed by atoms with Crippen molar-refractivity contribution < 1.29 is 0 Å². The van der Waals surface area contributed by atoms with Crippen molar-refractivity contribution >= 4 is 11.6 Å². The summed E-state index contributed by atoms with van der Waals surface area (Å²) >= 11 is 0. The van der Waals surface area contributed by atoms with Crippen molar-refractivity contribution in [2.75, 3.05) is 11.9 Å². The fraction of sp³-hybridized carbons (Fsp3) is 0.429. The first-order valence-electron chi connectivity index (χ1n) is 6.93. The van der Waals surface area contributed by atoms with Crippen molar-refractivity contribution in [3.8, 4) is 0 Å². The highest BCUT2D eigenvalue weighted by atomic mass is 15.1. The first-order valence-corrected chi connectivity index (χ1v) is 6.93. The Morgan fingerprint density at radius 2 is 2.15 bits per heavy atom. The average molecular weight is 270 g/mol. The second-order valence-electron chi connectivity index (χ2n) is 4.94. The second-order valence-corrected chi connectivity index (χ2v) is 4.94. The molecule has 104 valence electrons. The van der Waals surface area contributed by atoms with Crippen molar-refractivity contribution in [2.45, 2.75) is 32.2 Å². The van der Waals surface area contributed by atoms with Gasteiger partial charge in [-0.25, -0.2) is 15.0 Å². The standard InChI is InChI=1S/C14H18N6/c1-10-18-12(11-4-2-3-5-16-11)8-13(19-10)20-14-9-15-6-7-17-14/h6-9,11,16H,2-5H2,1H3,(H,17,18,19,20). The normalized spacial score (nSPS) is 18.8. The zero-order valence-electron chi connectivity index (χ0n) is 11.5. The van der Waals surface area contributed by atoms with Gasteiger partial charge in [-0.1, -0.05) is 6.42 Å². The number of piperidine rings is 1. The number of rotatable bonds is 3. The highest BCUT2D eigenvalue weighted by molar-refractivity contribution is 5.50. The fourth-order valence-electron chi connectivity index (χ4n) is 2.43. The maximum atomic E-state index is 4.55. The van der Waals surface area contributed by atoms with Gasteiger partial charge in [0.15, 0.2) is 0 Å². The van der Waals surface area contributed by atoms with Crippen LogP contribution >= 0.6 is 0 Å². The van der Waals surface area contributed by atoms with Crippen LogP contribution in [0.15, 0.2) is 24.7 Å². The smallest absolute Gasteiger partial charge is 0.150 e. The summed E-state index contributed by atoms with van der Waals surface area (Å²) in [6.45, 7) is 2.97. The highest BCUT2D eigenvalue weighted by Gasteiger charge is 2.17. The van der Waals surface area contributed by atoms with Crippen LogP contribution in [-0.4, -0.2) is 26.5 Å². The van der Waals surface area contributed by atoms with Gasteiger partial charge < -0.3 is 10.6 Å². The fourth-order valence-corrected chi connectivity index (χ4v) is 2.43.